The molecule has 5 heteroatoms. The summed E-state index contributed by atoms with van der Waals surface area (Å²) in [5.74, 6) is 0. The highest BCUT2D eigenvalue weighted by Gasteiger charge is 2.22. The Balaban J connectivity index is 0.000000430. The van der Waals surface area contributed by atoms with E-state index in [1.807, 2.05) is 78.9 Å². The Bertz CT molecular complexity index is 638. The van der Waals surface area contributed by atoms with Crippen LogP contribution in [0.25, 0.3) is 10.9 Å². The van der Waals surface area contributed by atoms with Gasteiger partial charge in [0.25, 0.3) is 0 Å². The van der Waals surface area contributed by atoms with Gasteiger partial charge in [-0.1, -0.05) is 27.7 Å². The number of aromatic nitrogens is 1. The minimum Gasteiger partial charge on any atom is -0.444 e. The van der Waals surface area contributed by atoms with Crippen molar-refractivity contribution in [3.63, 3.8) is 0 Å². The molecule has 2 heterocycles. The Morgan fingerprint density at radius 1 is 1.04 bits per heavy atom. The molecule has 0 atom stereocenters. The number of nitrogens with two attached hydrogens (primary N) is 1. The van der Waals surface area contributed by atoms with Gasteiger partial charge in [-0.25, -0.2) is 4.79 Å². The Morgan fingerprint density at radius 3 is 2.19 bits per heavy atom. The topological polar surface area (TPSA) is 71.3 Å². The van der Waals surface area contributed by atoms with E-state index < -0.39 is 0 Å². The van der Waals surface area contributed by atoms with Crippen LogP contribution in [0.4, 0.5) is 10.5 Å². The minimum atomic E-state index is -0.367. The molecule has 1 saturated heterocycles. The van der Waals surface area contributed by atoms with Crippen molar-refractivity contribution in [1.29, 1.82) is 0 Å². The fourth-order valence-corrected chi connectivity index (χ4v) is 2.47. The van der Waals surface area contributed by atoms with Gasteiger partial charge >= 0.3 is 6.09 Å². The molecule has 1 fully saturated rings. The number of nitrogens with zero attached hydrogens (tertiary/aromatic N) is 1. The fraction of sp³-hybridized carbons (Fsp3) is 0.591. The number of carbonyl (C=O) groups is 1. The third-order valence-corrected chi connectivity index (χ3v) is 3.59. The molecule has 154 valence electrons. The second kappa shape index (κ2) is 13.1. The number of hydrogen-bond acceptors (Lipinski definition) is 3. The first-order valence-corrected chi connectivity index (χ1v) is 10.2. The van der Waals surface area contributed by atoms with Crippen molar-refractivity contribution in [2.45, 2.75) is 73.3 Å². The summed E-state index contributed by atoms with van der Waals surface area (Å²) in [6.45, 7) is 15.4. The van der Waals surface area contributed by atoms with Crippen molar-refractivity contribution >= 4 is 22.7 Å². The third kappa shape index (κ3) is 9.92. The van der Waals surface area contributed by atoms with Crippen LogP contribution in [0.3, 0.4) is 0 Å². The lowest BCUT2D eigenvalue weighted by Crippen LogP contribution is -2.39. The predicted molar refractivity (Wildman–Crippen MR) is 117 cm³/mol. The molecule has 0 bridgehead atoms. The summed E-state index contributed by atoms with van der Waals surface area (Å²) in [6.07, 6.45) is 5.20. The lowest BCUT2D eigenvalue weighted by Gasteiger charge is -2.29. The van der Waals surface area contributed by atoms with E-state index >= 15 is 0 Å². The van der Waals surface area contributed by atoms with Gasteiger partial charge in [-0.05, 0) is 64.3 Å². The first-order chi connectivity index (χ1) is 12.8. The maximum Gasteiger partial charge on any atom is 0.410 e. The highest BCUT2D eigenvalue weighted by atomic mass is 16.6. The quantitative estimate of drug-likeness (QED) is 0.536. The number of carbonyl (C=O) groups excluding carboxylic acids is 1. The number of piperidine rings is 1. The molecule has 1 aromatic heterocycles. The molecule has 1 aliphatic heterocycles. The number of aromatic amines is 1. The second-order valence-corrected chi connectivity index (χ2v) is 6.85. The molecule has 1 aromatic carbocycles. The van der Waals surface area contributed by atoms with Gasteiger partial charge in [0, 0.05) is 35.9 Å². The smallest absolute Gasteiger partial charge is 0.410 e. The predicted octanol–water partition coefficient (Wildman–Crippen LogP) is 6.21. The summed E-state index contributed by atoms with van der Waals surface area (Å²) in [5, 5.41) is 1.17. The van der Waals surface area contributed by atoms with Crippen LogP contribution in [0.15, 0.2) is 30.5 Å². The van der Waals surface area contributed by atoms with Crippen LogP contribution in [0.1, 0.15) is 67.7 Å². The number of anilines is 1. The van der Waals surface area contributed by atoms with Gasteiger partial charge in [-0.2, -0.15) is 0 Å². The standard InChI is InChI=1S/C10H19NO2.C8H8N2.2C2H6/c1-10(2,3)13-9(12)11-7-5-4-6-8-11;9-7-1-2-8-6(5-7)3-4-10-8;2*1-2/h4-8H2,1-3H3;1-5,10H,9H2;2*1-2H3. The lowest BCUT2D eigenvalue weighted by atomic mass is 10.1. The number of H-pyrrole nitrogens is 1. The summed E-state index contributed by atoms with van der Waals surface area (Å²) in [5.41, 5.74) is 7.15. The summed E-state index contributed by atoms with van der Waals surface area (Å²) < 4.78 is 5.26. The Hall–Kier alpha value is -2.17. The van der Waals surface area contributed by atoms with Gasteiger partial charge in [-0.15, -0.1) is 0 Å². The third-order valence-electron chi connectivity index (χ3n) is 3.59. The SMILES string of the molecule is CC.CC.CC(C)(C)OC(=O)N1CCCCC1.Nc1ccc2[nH]ccc2c1. The molecular formula is C22H39N3O2. The van der Waals surface area contributed by atoms with E-state index in [2.05, 4.69) is 4.98 Å². The molecular weight excluding hydrogens is 338 g/mol. The van der Waals surface area contributed by atoms with Crippen LogP contribution in [0.2, 0.25) is 0 Å². The van der Waals surface area contributed by atoms with Crippen LogP contribution in [0.5, 0.6) is 0 Å². The highest BCUT2D eigenvalue weighted by Crippen LogP contribution is 2.15. The van der Waals surface area contributed by atoms with Crippen LogP contribution < -0.4 is 5.73 Å². The number of benzene rings is 1. The Kier molecular flexibility index (Phi) is 12.0. The van der Waals surface area contributed by atoms with Gasteiger partial charge in [-0.3, -0.25) is 0 Å². The monoisotopic (exact) mass is 377 g/mol. The Labute approximate surface area is 165 Å². The molecule has 1 aliphatic rings. The van der Waals surface area contributed by atoms with E-state index in [1.54, 1.807) is 4.90 Å². The largest absolute Gasteiger partial charge is 0.444 e. The lowest BCUT2D eigenvalue weighted by molar-refractivity contribution is 0.0216. The molecule has 2 aromatic rings. The number of nitrogen functional groups attached to an aromatic ring is 1. The van der Waals surface area contributed by atoms with Gasteiger partial charge in [0.2, 0.25) is 0 Å². The zero-order valence-electron chi connectivity index (χ0n) is 18.3. The van der Waals surface area contributed by atoms with Crippen molar-refractivity contribution in [2.24, 2.45) is 0 Å². The van der Waals surface area contributed by atoms with E-state index in [0.717, 1.165) is 37.1 Å². The molecule has 5 nitrogen and oxygen atoms in total. The zero-order valence-corrected chi connectivity index (χ0v) is 18.3. The number of amides is 1. The number of ether oxygens (including phenoxy) is 1. The van der Waals surface area contributed by atoms with Crippen molar-refractivity contribution in [1.82, 2.24) is 9.88 Å². The van der Waals surface area contributed by atoms with Crippen LogP contribution in [0, 0.1) is 0 Å². The highest BCUT2D eigenvalue weighted by molar-refractivity contribution is 5.82. The van der Waals surface area contributed by atoms with Crippen LogP contribution in [-0.2, 0) is 4.74 Å². The van der Waals surface area contributed by atoms with Crippen molar-refractivity contribution < 1.29 is 9.53 Å². The van der Waals surface area contributed by atoms with Crippen LogP contribution >= 0.6 is 0 Å². The number of rotatable bonds is 0. The molecule has 0 aliphatic carbocycles. The number of fused-ring (bicyclic) bond motifs is 1. The second-order valence-electron chi connectivity index (χ2n) is 6.85. The number of nitrogens with one attached hydrogen (secondary N) is 1. The van der Waals surface area contributed by atoms with E-state index in [0.29, 0.717) is 0 Å². The summed E-state index contributed by atoms with van der Waals surface area (Å²) >= 11 is 0. The first kappa shape index (κ1) is 24.8. The summed E-state index contributed by atoms with van der Waals surface area (Å²) in [7, 11) is 0. The van der Waals surface area contributed by atoms with E-state index in [-0.39, 0.29) is 11.7 Å². The number of likely N-dealkylation sites (tertiary alicyclic amines) is 1. The van der Waals surface area contributed by atoms with E-state index in [4.69, 9.17) is 10.5 Å². The average molecular weight is 378 g/mol. The molecule has 0 radical (unpaired) electrons. The van der Waals surface area contributed by atoms with Crippen molar-refractivity contribution in [3.8, 4) is 0 Å². The molecule has 0 spiro atoms. The summed E-state index contributed by atoms with van der Waals surface area (Å²) in [4.78, 5) is 16.4. The maximum atomic E-state index is 11.5. The van der Waals surface area contributed by atoms with Gasteiger partial charge < -0.3 is 20.4 Å². The molecule has 3 N–H and O–H groups in total. The molecule has 3 rings (SSSR count). The van der Waals surface area contributed by atoms with Crippen molar-refractivity contribution in [3.05, 3.63) is 30.5 Å². The average Bonchev–Trinajstić information content (AvgIpc) is 3.12. The zero-order chi connectivity index (χ0) is 20.9. The molecule has 27 heavy (non-hydrogen) atoms. The normalized spacial score (nSPS) is 13.2. The van der Waals surface area contributed by atoms with Gasteiger partial charge in [0.15, 0.2) is 0 Å². The maximum absolute atomic E-state index is 11.5. The van der Waals surface area contributed by atoms with Gasteiger partial charge in [0.05, 0.1) is 0 Å². The first-order valence-electron chi connectivity index (χ1n) is 10.2. The summed E-state index contributed by atoms with van der Waals surface area (Å²) in [6, 6.07) is 7.82. The van der Waals surface area contributed by atoms with E-state index in [9.17, 15) is 4.79 Å². The van der Waals surface area contributed by atoms with Crippen LogP contribution in [-0.4, -0.2) is 34.7 Å². The Morgan fingerprint density at radius 2 is 1.63 bits per heavy atom. The molecule has 0 unspecified atom stereocenters. The van der Waals surface area contributed by atoms with Gasteiger partial charge in [0.1, 0.15) is 5.60 Å². The fourth-order valence-electron chi connectivity index (χ4n) is 2.47. The van der Waals surface area contributed by atoms with E-state index in [1.165, 1.54) is 11.8 Å². The van der Waals surface area contributed by atoms with Crippen molar-refractivity contribution in [2.75, 3.05) is 18.8 Å². The molecule has 1 amide bonds. The molecule has 0 saturated carbocycles. The minimum absolute atomic E-state index is 0.160. The number of hydrogen-bond donors (Lipinski definition) is 2.